The normalized spacial score (nSPS) is 52.3. The molecule has 244 valence electrons. The molecular formula is C37H60O6. The van der Waals surface area contributed by atoms with Crippen molar-refractivity contribution < 1.29 is 28.5 Å². The summed E-state index contributed by atoms with van der Waals surface area (Å²) in [5, 5.41) is 0. The molecule has 0 amide bonds. The van der Waals surface area contributed by atoms with Gasteiger partial charge in [-0.25, -0.2) is 4.79 Å². The van der Waals surface area contributed by atoms with Gasteiger partial charge in [-0.3, -0.25) is 0 Å². The minimum absolute atomic E-state index is 0.100. The van der Waals surface area contributed by atoms with Crippen molar-refractivity contribution in [3.8, 4) is 0 Å². The molecule has 7 fully saturated rings. The highest BCUT2D eigenvalue weighted by Crippen LogP contribution is 2.78. The number of hydrogen-bond acceptors (Lipinski definition) is 6. The van der Waals surface area contributed by atoms with Crippen LogP contribution in [0.5, 0.6) is 0 Å². The molecule has 4 unspecified atom stereocenters. The van der Waals surface area contributed by atoms with Gasteiger partial charge in [0.15, 0.2) is 5.79 Å². The molecule has 0 spiro atoms. The Bertz CT molecular complexity index is 1130. The van der Waals surface area contributed by atoms with E-state index in [-0.39, 0.29) is 29.6 Å². The number of rotatable bonds is 3. The monoisotopic (exact) mass is 600 g/mol. The maximum atomic E-state index is 12.9. The van der Waals surface area contributed by atoms with Crippen molar-refractivity contribution in [1.29, 1.82) is 0 Å². The minimum Gasteiger partial charge on any atom is -0.431 e. The quantitative estimate of drug-likeness (QED) is 0.303. The Balaban J connectivity index is 1.08. The van der Waals surface area contributed by atoms with Gasteiger partial charge in [0.05, 0.1) is 19.3 Å². The summed E-state index contributed by atoms with van der Waals surface area (Å²) >= 11 is 0. The van der Waals surface area contributed by atoms with Crippen LogP contribution in [0, 0.1) is 56.2 Å². The van der Waals surface area contributed by atoms with E-state index in [2.05, 4.69) is 48.5 Å². The summed E-state index contributed by atoms with van der Waals surface area (Å²) in [6.45, 7) is 23.1. The second kappa shape index (κ2) is 9.59. The van der Waals surface area contributed by atoms with Crippen LogP contribution in [0.15, 0.2) is 0 Å². The third-order valence-corrected chi connectivity index (χ3v) is 15.8. The van der Waals surface area contributed by atoms with E-state index >= 15 is 0 Å². The van der Waals surface area contributed by atoms with Crippen molar-refractivity contribution in [1.82, 2.24) is 0 Å². The molecule has 2 heterocycles. The lowest BCUT2D eigenvalue weighted by molar-refractivity contribution is -0.253. The Morgan fingerprint density at radius 1 is 0.791 bits per heavy atom. The molecule has 11 atom stereocenters. The molecule has 5 saturated carbocycles. The lowest BCUT2D eigenvalue weighted by atomic mass is 9.31. The predicted octanol–water partition coefficient (Wildman–Crippen LogP) is 8.55. The molecule has 6 nitrogen and oxygen atoms in total. The smallest absolute Gasteiger partial charge is 0.431 e. The van der Waals surface area contributed by atoms with Crippen molar-refractivity contribution in [3.05, 3.63) is 0 Å². The van der Waals surface area contributed by atoms with Gasteiger partial charge in [-0.15, -0.1) is 0 Å². The first kappa shape index (κ1) is 30.8. The van der Waals surface area contributed by atoms with Gasteiger partial charge in [0.1, 0.15) is 18.8 Å². The van der Waals surface area contributed by atoms with E-state index in [9.17, 15) is 4.79 Å². The van der Waals surface area contributed by atoms with Crippen LogP contribution in [-0.2, 0) is 23.7 Å². The first-order valence-electron chi connectivity index (χ1n) is 17.7. The first-order valence-corrected chi connectivity index (χ1v) is 17.7. The van der Waals surface area contributed by atoms with Crippen LogP contribution in [0.4, 0.5) is 4.79 Å². The zero-order valence-electron chi connectivity index (χ0n) is 28.7. The Labute approximate surface area is 261 Å². The molecule has 0 aromatic rings. The van der Waals surface area contributed by atoms with Gasteiger partial charge in [-0.05, 0) is 129 Å². The van der Waals surface area contributed by atoms with Crippen molar-refractivity contribution in [2.24, 2.45) is 56.2 Å². The van der Waals surface area contributed by atoms with Crippen LogP contribution in [-0.4, -0.2) is 50.1 Å². The van der Waals surface area contributed by atoms with Gasteiger partial charge >= 0.3 is 6.16 Å². The molecule has 7 rings (SSSR count). The van der Waals surface area contributed by atoms with E-state index in [1.54, 1.807) is 0 Å². The molecule has 6 heteroatoms. The topological polar surface area (TPSA) is 63.2 Å². The van der Waals surface area contributed by atoms with Crippen molar-refractivity contribution in [2.45, 2.75) is 151 Å². The fraction of sp³-hybridized carbons (Fsp3) is 0.973. The van der Waals surface area contributed by atoms with Gasteiger partial charge in [0.2, 0.25) is 0 Å². The lowest BCUT2D eigenvalue weighted by Crippen LogP contribution is -2.68. The van der Waals surface area contributed by atoms with E-state index < -0.39 is 11.9 Å². The maximum absolute atomic E-state index is 12.9. The molecule has 0 N–H and O–H groups in total. The van der Waals surface area contributed by atoms with Gasteiger partial charge in [-0.2, -0.15) is 0 Å². The highest BCUT2D eigenvalue weighted by atomic mass is 16.8. The fourth-order valence-electron chi connectivity index (χ4n) is 13.3. The van der Waals surface area contributed by atoms with Gasteiger partial charge in [0.25, 0.3) is 0 Å². The number of ether oxygens (including phenoxy) is 5. The largest absolute Gasteiger partial charge is 0.508 e. The Hall–Kier alpha value is -0.850. The molecule has 43 heavy (non-hydrogen) atoms. The standard InChI is InChI=1S/C37H60O6/c1-31(2)16-18-37-19-17-35(8)24(28(37)29(31)40-22-37)10-11-26-34(7)14-13-27(32(3,4)25(34)12-15-36(26,35)9)42-30(38)39-20-23-21-41-33(5,6)43-23/h23-29H,10-22H2,1-9H3/t23?,24-,25+,26-,27?,28?,29?,34+,35-,36-,37-/m1/s1. The third-order valence-electron chi connectivity index (χ3n) is 15.8. The van der Waals surface area contributed by atoms with Crippen LogP contribution in [0.2, 0.25) is 0 Å². The van der Waals surface area contributed by atoms with Crippen LogP contribution < -0.4 is 0 Å². The lowest BCUT2D eigenvalue weighted by Gasteiger charge is -2.73. The van der Waals surface area contributed by atoms with Crippen molar-refractivity contribution in [3.63, 3.8) is 0 Å². The number of carbonyl (C=O) groups is 1. The average molecular weight is 601 g/mol. The van der Waals surface area contributed by atoms with E-state index in [4.69, 9.17) is 23.7 Å². The zero-order valence-corrected chi connectivity index (χ0v) is 28.7. The molecule has 2 saturated heterocycles. The number of hydrogen-bond donors (Lipinski definition) is 0. The van der Waals surface area contributed by atoms with Crippen LogP contribution in [0.3, 0.4) is 0 Å². The van der Waals surface area contributed by atoms with Gasteiger partial charge in [-0.1, -0.05) is 48.5 Å². The van der Waals surface area contributed by atoms with E-state index in [1.165, 1.54) is 51.4 Å². The fourth-order valence-corrected chi connectivity index (χ4v) is 13.3. The molecule has 0 radical (unpaired) electrons. The zero-order chi connectivity index (χ0) is 30.8. The van der Waals surface area contributed by atoms with E-state index in [1.807, 2.05) is 13.8 Å². The van der Waals surface area contributed by atoms with E-state index in [0.717, 1.165) is 31.3 Å². The second-order valence-corrected chi connectivity index (χ2v) is 18.8. The summed E-state index contributed by atoms with van der Waals surface area (Å²) in [6.07, 6.45) is 12.2. The summed E-state index contributed by atoms with van der Waals surface area (Å²) in [4.78, 5) is 12.9. The molecule has 0 aromatic carbocycles. The SMILES string of the molecule is CC1(C)OCC(COC(=O)OC2CC[C@]3(C)[C@H]4CC[C@@H]5C6C7OC[C@@]6(CCC7(C)C)CC[C@@]5(C)[C@]4(C)CC[C@H]3C2(C)C)O1. The maximum Gasteiger partial charge on any atom is 0.508 e. The summed E-state index contributed by atoms with van der Waals surface area (Å²) in [6, 6.07) is 0. The van der Waals surface area contributed by atoms with Crippen molar-refractivity contribution in [2.75, 3.05) is 19.8 Å². The molecule has 0 aromatic heterocycles. The Kier molecular flexibility index (Phi) is 6.87. The Morgan fingerprint density at radius 3 is 2.26 bits per heavy atom. The van der Waals surface area contributed by atoms with E-state index in [0.29, 0.717) is 46.2 Å². The van der Waals surface area contributed by atoms with Crippen molar-refractivity contribution >= 4 is 6.16 Å². The molecule has 2 bridgehead atoms. The van der Waals surface area contributed by atoms with Crippen LogP contribution >= 0.6 is 0 Å². The van der Waals surface area contributed by atoms with Crippen LogP contribution in [0.25, 0.3) is 0 Å². The predicted molar refractivity (Wildman–Crippen MR) is 165 cm³/mol. The summed E-state index contributed by atoms with van der Waals surface area (Å²) in [5.74, 6) is 2.12. The summed E-state index contributed by atoms with van der Waals surface area (Å²) < 4.78 is 29.9. The first-order chi connectivity index (χ1) is 20.0. The average Bonchev–Trinajstić information content (AvgIpc) is 3.45. The molecule has 7 aliphatic rings. The number of fused-ring (bicyclic) bond motifs is 5. The van der Waals surface area contributed by atoms with Gasteiger partial charge < -0.3 is 23.7 Å². The molecular weight excluding hydrogens is 540 g/mol. The molecule has 2 aliphatic heterocycles. The minimum atomic E-state index is -0.626. The second-order valence-electron chi connectivity index (χ2n) is 18.8. The van der Waals surface area contributed by atoms with Crippen LogP contribution in [0.1, 0.15) is 127 Å². The van der Waals surface area contributed by atoms with Gasteiger partial charge in [0, 0.05) is 5.41 Å². The number of carbonyl (C=O) groups excluding carboxylic acids is 1. The third kappa shape index (κ3) is 4.30. The Morgan fingerprint density at radius 2 is 1.53 bits per heavy atom. The summed E-state index contributed by atoms with van der Waals surface area (Å²) in [5.41, 5.74) is 1.58. The molecule has 5 aliphatic carbocycles. The highest BCUT2D eigenvalue weighted by Gasteiger charge is 2.73. The highest BCUT2D eigenvalue weighted by molar-refractivity contribution is 5.60. The summed E-state index contributed by atoms with van der Waals surface area (Å²) in [7, 11) is 0.